The minimum atomic E-state index is -0.955. The van der Waals surface area contributed by atoms with E-state index in [0.29, 0.717) is 18.2 Å². The predicted octanol–water partition coefficient (Wildman–Crippen LogP) is 5.80. The molecule has 3 aromatic rings. The van der Waals surface area contributed by atoms with Gasteiger partial charge < -0.3 is 19.6 Å². The molecule has 39 heavy (non-hydrogen) atoms. The van der Waals surface area contributed by atoms with Gasteiger partial charge in [0.1, 0.15) is 12.4 Å². The number of carbonyl (C=O) groups excluding carboxylic acids is 1. The number of benzene rings is 2. The SMILES string of the molecule is CC(=O)N(Cc1ccc(Cl)cc1)C1CCN(CCC=C2c3cc(C(C)(C)O)ccc3OCc3ncccc32)C1. The van der Waals surface area contributed by atoms with Crippen molar-refractivity contribution in [2.75, 3.05) is 19.6 Å². The molecule has 3 heterocycles. The number of rotatable bonds is 7. The fourth-order valence-electron chi connectivity index (χ4n) is 5.50. The second-order valence-electron chi connectivity index (χ2n) is 11.0. The van der Waals surface area contributed by atoms with Gasteiger partial charge in [-0.05, 0) is 73.7 Å². The monoisotopic (exact) mass is 545 g/mol. The van der Waals surface area contributed by atoms with E-state index in [1.807, 2.05) is 53.4 Å². The molecular weight excluding hydrogens is 510 g/mol. The minimum Gasteiger partial charge on any atom is -0.487 e. The van der Waals surface area contributed by atoms with Crippen molar-refractivity contribution in [3.8, 4) is 5.75 Å². The van der Waals surface area contributed by atoms with Crippen LogP contribution < -0.4 is 4.74 Å². The van der Waals surface area contributed by atoms with E-state index in [1.54, 1.807) is 27.0 Å². The van der Waals surface area contributed by atoms with Crippen LogP contribution in [0.25, 0.3) is 5.57 Å². The number of likely N-dealkylation sites (tertiary alicyclic amines) is 1. The first-order valence-corrected chi connectivity index (χ1v) is 14.0. The van der Waals surface area contributed by atoms with Gasteiger partial charge in [-0.15, -0.1) is 0 Å². The lowest BCUT2D eigenvalue weighted by Gasteiger charge is -2.28. The topological polar surface area (TPSA) is 65.9 Å². The number of hydrogen-bond donors (Lipinski definition) is 1. The van der Waals surface area contributed by atoms with Crippen LogP contribution in [0.5, 0.6) is 5.75 Å². The molecule has 0 saturated carbocycles. The maximum absolute atomic E-state index is 12.5. The highest BCUT2D eigenvalue weighted by Crippen LogP contribution is 2.38. The highest BCUT2D eigenvalue weighted by atomic mass is 35.5. The molecule has 1 unspecified atom stereocenters. The van der Waals surface area contributed by atoms with Crippen molar-refractivity contribution < 1.29 is 14.6 Å². The number of aromatic nitrogens is 1. The van der Waals surface area contributed by atoms with Gasteiger partial charge in [0.15, 0.2) is 0 Å². The van der Waals surface area contributed by atoms with Gasteiger partial charge in [0.2, 0.25) is 5.91 Å². The van der Waals surface area contributed by atoms with Crippen LogP contribution in [0.3, 0.4) is 0 Å². The largest absolute Gasteiger partial charge is 0.487 e. The van der Waals surface area contributed by atoms with E-state index in [-0.39, 0.29) is 11.9 Å². The maximum atomic E-state index is 12.5. The fraction of sp³-hybridized carbons (Fsp3) is 0.375. The second-order valence-corrected chi connectivity index (χ2v) is 11.4. The third kappa shape index (κ3) is 6.35. The third-order valence-corrected chi connectivity index (χ3v) is 7.93. The lowest BCUT2D eigenvalue weighted by atomic mass is 9.90. The summed E-state index contributed by atoms with van der Waals surface area (Å²) in [6, 6.07) is 17.9. The van der Waals surface area contributed by atoms with Crippen LogP contribution in [-0.4, -0.2) is 51.5 Å². The minimum absolute atomic E-state index is 0.0979. The number of halogens is 1. The van der Waals surface area contributed by atoms with Crippen molar-refractivity contribution in [3.05, 3.63) is 99.8 Å². The Labute approximate surface area is 235 Å². The van der Waals surface area contributed by atoms with Crippen LogP contribution >= 0.6 is 11.6 Å². The van der Waals surface area contributed by atoms with Crippen LogP contribution in [0.2, 0.25) is 5.02 Å². The lowest BCUT2D eigenvalue weighted by Crippen LogP contribution is -2.40. The lowest BCUT2D eigenvalue weighted by molar-refractivity contribution is -0.131. The summed E-state index contributed by atoms with van der Waals surface area (Å²) in [5.41, 5.74) is 5.01. The Morgan fingerprint density at radius 1 is 1.21 bits per heavy atom. The van der Waals surface area contributed by atoms with E-state index in [9.17, 15) is 9.90 Å². The first-order chi connectivity index (χ1) is 18.7. The average molecular weight is 546 g/mol. The summed E-state index contributed by atoms with van der Waals surface area (Å²) >= 11 is 6.04. The van der Waals surface area contributed by atoms with Crippen LogP contribution in [0.4, 0.5) is 0 Å². The van der Waals surface area contributed by atoms with Gasteiger partial charge in [-0.25, -0.2) is 0 Å². The van der Waals surface area contributed by atoms with Gasteiger partial charge >= 0.3 is 0 Å². The molecule has 7 heteroatoms. The van der Waals surface area contributed by atoms with Crippen molar-refractivity contribution in [1.29, 1.82) is 0 Å². The molecule has 6 nitrogen and oxygen atoms in total. The third-order valence-electron chi connectivity index (χ3n) is 7.67. The smallest absolute Gasteiger partial charge is 0.220 e. The summed E-state index contributed by atoms with van der Waals surface area (Å²) in [6.45, 7) is 8.96. The van der Waals surface area contributed by atoms with Crippen molar-refractivity contribution in [1.82, 2.24) is 14.8 Å². The average Bonchev–Trinajstić information content (AvgIpc) is 3.31. The van der Waals surface area contributed by atoms with Crippen molar-refractivity contribution in [2.24, 2.45) is 0 Å². The molecule has 0 radical (unpaired) electrons. The number of amides is 1. The molecule has 1 saturated heterocycles. The molecule has 2 aliphatic heterocycles. The van der Waals surface area contributed by atoms with E-state index < -0.39 is 5.60 Å². The van der Waals surface area contributed by atoms with E-state index >= 15 is 0 Å². The van der Waals surface area contributed by atoms with Gasteiger partial charge in [-0.1, -0.05) is 41.9 Å². The summed E-state index contributed by atoms with van der Waals surface area (Å²) in [4.78, 5) is 21.5. The maximum Gasteiger partial charge on any atom is 0.220 e. The molecule has 2 aromatic carbocycles. The first kappa shape index (κ1) is 27.4. The molecule has 204 valence electrons. The Bertz CT molecular complexity index is 1360. The number of carbonyl (C=O) groups is 1. The highest BCUT2D eigenvalue weighted by Gasteiger charge is 2.29. The fourth-order valence-corrected chi connectivity index (χ4v) is 5.63. The number of hydrogen-bond acceptors (Lipinski definition) is 5. The summed E-state index contributed by atoms with van der Waals surface area (Å²) in [6.07, 6.45) is 5.88. The van der Waals surface area contributed by atoms with E-state index in [1.165, 1.54) is 0 Å². The quantitative estimate of drug-likeness (QED) is 0.406. The van der Waals surface area contributed by atoms with Gasteiger partial charge in [0.25, 0.3) is 0 Å². The molecule has 0 spiro atoms. The van der Waals surface area contributed by atoms with Gasteiger partial charge in [-0.3, -0.25) is 9.78 Å². The van der Waals surface area contributed by atoms with Gasteiger partial charge in [0.05, 0.1) is 11.3 Å². The zero-order chi connectivity index (χ0) is 27.6. The summed E-state index contributed by atoms with van der Waals surface area (Å²) in [5, 5.41) is 11.4. The van der Waals surface area contributed by atoms with Gasteiger partial charge in [-0.2, -0.15) is 0 Å². The Balaban J connectivity index is 1.32. The Morgan fingerprint density at radius 3 is 2.74 bits per heavy atom. The predicted molar refractivity (Wildman–Crippen MR) is 154 cm³/mol. The Morgan fingerprint density at radius 2 is 2.00 bits per heavy atom. The van der Waals surface area contributed by atoms with E-state index in [2.05, 4.69) is 22.0 Å². The molecule has 2 aliphatic rings. The second kappa shape index (κ2) is 11.5. The highest BCUT2D eigenvalue weighted by molar-refractivity contribution is 6.30. The van der Waals surface area contributed by atoms with Crippen LogP contribution in [0, 0.1) is 0 Å². The number of nitrogens with zero attached hydrogens (tertiary/aromatic N) is 3. The number of aliphatic hydroxyl groups is 1. The number of fused-ring (bicyclic) bond motifs is 2. The summed E-state index contributed by atoms with van der Waals surface area (Å²) < 4.78 is 6.13. The first-order valence-electron chi connectivity index (χ1n) is 13.6. The molecule has 5 rings (SSSR count). The Hall–Kier alpha value is -3.19. The van der Waals surface area contributed by atoms with Gasteiger partial charge in [0, 0.05) is 61.5 Å². The molecule has 1 amide bonds. The summed E-state index contributed by atoms with van der Waals surface area (Å²) in [7, 11) is 0. The van der Waals surface area contributed by atoms with Crippen LogP contribution in [0.15, 0.2) is 66.9 Å². The number of pyridine rings is 1. The van der Waals surface area contributed by atoms with E-state index in [0.717, 1.165) is 71.7 Å². The molecule has 1 fully saturated rings. The molecule has 1 N–H and O–H groups in total. The molecule has 1 atom stereocenters. The van der Waals surface area contributed by atoms with E-state index in [4.69, 9.17) is 16.3 Å². The number of ether oxygens (including phenoxy) is 1. The van der Waals surface area contributed by atoms with Crippen LogP contribution in [-0.2, 0) is 23.5 Å². The summed E-state index contributed by atoms with van der Waals surface area (Å²) in [5.74, 6) is 0.897. The van der Waals surface area contributed by atoms with Crippen molar-refractivity contribution in [2.45, 2.75) is 58.4 Å². The normalized spacial score (nSPS) is 18.3. The zero-order valence-electron chi connectivity index (χ0n) is 22.9. The molecular formula is C32H36ClN3O3. The van der Waals surface area contributed by atoms with Crippen molar-refractivity contribution in [3.63, 3.8) is 0 Å². The van der Waals surface area contributed by atoms with Crippen molar-refractivity contribution >= 4 is 23.1 Å². The standard InChI is InChI=1S/C32H36ClN3O3/c1-22(37)36(19-23-8-11-25(33)12-9-23)26-14-17-35(20-26)16-5-7-27-28-6-4-15-34-30(28)21-39-31-13-10-24(18-29(27)31)32(2,3)38/h4,6-13,15,18,26,38H,5,14,16-17,19-21H2,1-3H3. The zero-order valence-corrected chi connectivity index (χ0v) is 23.6. The Kier molecular flexibility index (Phi) is 8.08. The van der Waals surface area contributed by atoms with Crippen LogP contribution in [0.1, 0.15) is 61.6 Å². The molecule has 0 aliphatic carbocycles. The molecule has 1 aromatic heterocycles. The molecule has 0 bridgehead atoms.